The Bertz CT molecular complexity index is 803. The van der Waals surface area contributed by atoms with Crippen LogP contribution < -0.4 is 10.6 Å². The third-order valence-corrected chi connectivity index (χ3v) is 3.36. The minimum absolute atomic E-state index is 0.0185. The summed E-state index contributed by atoms with van der Waals surface area (Å²) in [5.74, 6) is 0.153. The molecule has 0 atom stereocenters. The average Bonchev–Trinajstić information content (AvgIpc) is 2.52. The Balaban J connectivity index is 2.14. The first-order chi connectivity index (χ1) is 11.0. The van der Waals surface area contributed by atoms with Gasteiger partial charge in [0.15, 0.2) is 0 Å². The molecular formula is C18H18N4O. The summed E-state index contributed by atoms with van der Waals surface area (Å²) in [4.78, 5) is 16.4. The second-order valence-corrected chi connectivity index (χ2v) is 5.26. The van der Waals surface area contributed by atoms with Crippen LogP contribution in [0.25, 0.3) is 0 Å². The van der Waals surface area contributed by atoms with E-state index >= 15 is 0 Å². The van der Waals surface area contributed by atoms with Crippen LogP contribution in [0.15, 0.2) is 48.3 Å². The highest BCUT2D eigenvalue weighted by Gasteiger charge is 2.11. The molecule has 116 valence electrons. The molecular weight excluding hydrogens is 288 g/mol. The van der Waals surface area contributed by atoms with E-state index in [0.29, 0.717) is 11.5 Å². The van der Waals surface area contributed by atoms with E-state index in [1.54, 1.807) is 6.20 Å². The molecule has 0 aliphatic rings. The van der Waals surface area contributed by atoms with Gasteiger partial charge in [-0.3, -0.25) is 4.79 Å². The van der Waals surface area contributed by atoms with Gasteiger partial charge in [-0.1, -0.05) is 23.8 Å². The first-order valence-corrected chi connectivity index (χ1v) is 7.18. The second-order valence-electron chi connectivity index (χ2n) is 5.26. The summed E-state index contributed by atoms with van der Waals surface area (Å²) in [6.45, 7) is 5.79. The summed E-state index contributed by atoms with van der Waals surface area (Å²) in [5, 5.41) is 14.8. The van der Waals surface area contributed by atoms with Gasteiger partial charge in [-0.05, 0) is 44.0 Å². The molecule has 1 heterocycles. The van der Waals surface area contributed by atoms with Crippen LogP contribution in [-0.2, 0) is 4.79 Å². The van der Waals surface area contributed by atoms with E-state index in [4.69, 9.17) is 0 Å². The van der Waals surface area contributed by atoms with Crippen LogP contribution in [0, 0.1) is 32.1 Å². The molecule has 5 heteroatoms. The third kappa shape index (κ3) is 4.17. The summed E-state index contributed by atoms with van der Waals surface area (Å²) < 4.78 is 0. The first-order valence-electron chi connectivity index (χ1n) is 7.18. The second kappa shape index (κ2) is 7.23. The van der Waals surface area contributed by atoms with Gasteiger partial charge in [-0.2, -0.15) is 5.26 Å². The van der Waals surface area contributed by atoms with Crippen molar-refractivity contribution in [2.75, 3.05) is 10.6 Å². The van der Waals surface area contributed by atoms with Gasteiger partial charge < -0.3 is 10.6 Å². The van der Waals surface area contributed by atoms with Gasteiger partial charge in [0.05, 0.1) is 0 Å². The largest absolute Gasteiger partial charge is 0.345 e. The molecule has 2 aromatic rings. The van der Waals surface area contributed by atoms with Gasteiger partial charge in [0, 0.05) is 18.1 Å². The quantitative estimate of drug-likeness (QED) is 0.670. The van der Waals surface area contributed by atoms with Crippen molar-refractivity contribution in [3.05, 3.63) is 65.0 Å². The van der Waals surface area contributed by atoms with Gasteiger partial charge in [-0.15, -0.1) is 0 Å². The lowest BCUT2D eigenvalue weighted by atomic mass is 10.1. The zero-order chi connectivity index (χ0) is 16.8. The topological polar surface area (TPSA) is 77.8 Å². The van der Waals surface area contributed by atoms with Crippen molar-refractivity contribution in [1.29, 1.82) is 5.26 Å². The molecule has 2 rings (SSSR count). The zero-order valence-electron chi connectivity index (χ0n) is 13.3. The fourth-order valence-corrected chi connectivity index (χ4v) is 2.07. The number of benzene rings is 1. The minimum Gasteiger partial charge on any atom is -0.345 e. The predicted octanol–water partition coefficient (Wildman–Crippen LogP) is 3.46. The van der Waals surface area contributed by atoms with E-state index in [9.17, 15) is 10.1 Å². The van der Waals surface area contributed by atoms with E-state index in [1.807, 2.05) is 57.2 Å². The van der Waals surface area contributed by atoms with E-state index in [2.05, 4.69) is 15.6 Å². The standard InChI is InChI=1S/C18H18N4O/c1-12-6-7-16(14(3)9-12)22-18(23)15(10-19)11-21-17-13(2)5-4-8-20-17/h4-9,11H,1-3H3,(H,20,21)(H,22,23)/b15-11-. The number of nitriles is 1. The normalized spacial score (nSPS) is 10.8. The van der Waals surface area contributed by atoms with Gasteiger partial charge in [0.25, 0.3) is 5.91 Å². The Morgan fingerprint density at radius 2 is 2.00 bits per heavy atom. The number of carbonyl (C=O) groups excluding carboxylic acids is 1. The smallest absolute Gasteiger partial charge is 0.267 e. The molecule has 0 fully saturated rings. The van der Waals surface area contributed by atoms with Gasteiger partial charge in [-0.25, -0.2) is 4.98 Å². The summed E-state index contributed by atoms with van der Waals surface area (Å²) in [5.41, 5.74) is 3.66. The highest BCUT2D eigenvalue weighted by molar-refractivity contribution is 6.07. The van der Waals surface area contributed by atoms with Crippen molar-refractivity contribution in [3.63, 3.8) is 0 Å². The maximum Gasteiger partial charge on any atom is 0.267 e. The molecule has 1 amide bonds. The number of nitrogens with one attached hydrogen (secondary N) is 2. The molecule has 0 radical (unpaired) electrons. The maximum absolute atomic E-state index is 12.2. The Morgan fingerprint density at radius 3 is 2.65 bits per heavy atom. The monoisotopic (exact) mass is 306 g/mol. The van der Waals surface area contributed by atoms with Crippen LogP contribution in [0.4, 0.5) is 11.5 Å². The molecule has 0 saturated heterocycles. The molecule has 0 bridgehead atoms. The molecule has 0 saturated carbocycles. The molecule has 1 aromatic carbocycles. The van der Waals surface area contributed by atoms with E-state index in [-0.39, 0.29) is 5.57 Å². The number of pyridine rings is 1. The molecule has 1 aromatic heterocycles. The molecule has 0 aliphatic heterocycles. The molecule has 23 heavy (non-hydrogen) atoms. The number of carbonyl (C=O) groups is 1. The van der Waals surface area contributed by atoms with Crippen molar-refractivity contribution in [2.45, 2.75) is 20.8 Å². The number of anilines is 2. The molecule has 5 nitrogen and oxygen atoms in total. The van der Waals surface area contributed by atoms with Crippen molar-refractivity contribution >= 4 is 17.4 Å². The van der Waals surface area contributed by atoms with Crippen LogP contribution in [0.3, 0.4) is 0 Å². The molecule has 0 spiro atoms. The Hall–Kier alpha value is -3.13. The van der Waals surface area contributed by atoms with Crippen molar-refractivity contribution in [1.82, 2.24) is 4.98 Å². The van der Waals surface area contributed by atoms with Crippen LogP contribution >= 0.6 is 0 Å². The highest BCUT2D eigenvalue weighted by atomic mass is 16.1. The number of hydrogen-bond donors (Lipinski definition) is 2. The number of amides is 1. The van der Waals surface area contributed by atoms with Crippen LogP contribution in [0.5, 0.6) is 0 Å². The minimum atomic E-state index is -0.458. The van der Waals surface area contributed by atoms with Crippen LogP contribution in [-0.4, -0.2) is 10.9 Å². The van der Waals surface area contributed by atoms with E-state index < -0.39 is 5.91 Å². The summed E-state index contributed by atoms with van der Waals surface area (Å²) in [6.07, 6.45) is 3.01. The fraction of sp³-hybridized carbons (Fsp3) is 0.167. The lowest BCUT2D eigenvalue weighted by Gasteiger charge is -2.09. The number of nitrogens with zero attached hydrogens (tertiary/aromatic N) is 2. The highest BCUT2D eigenvalue weighted by Crippen LogP contribution is 2.17. The fourth-order valence-electron chi connectivity index (χ4n) is 2.07. The van der Waals surface area contributed by atoms with E-state index in [0.717, 1.165) is 16.7 Å². The van der Waals surface area contributed by atoms with Gasteiger partial charge >= 0.3 is 0 Å². The van der Waals surface area contributed by atoms with E-state index in [1.165, 1.54) is 6.20 Å². The summed E-state index contributed by atoms with van der Waals surface area (Å²) in [7, 11) is 0. The average molecular weight is 306 g/mol. The Kier molecular flexibility index (Phi) is 5.11. The van der Waals surface area contributed by atoms with Gasteiger partial charge in [0.1, 0.15) is 17.5 Å². The number of rotatable bonds is 4. The lowest BCUT2D eigenvalue weighted by molar-refractivity contribution is -0.112. The molecule has 0 unspecified atom stereocenters. The summed E-state index contributed by atoms with van der Waals surface area (Å²) in [6, 6.07) is 11.3. The van der Waals surface area contributed by atoms with Crippen LogP contribution in [0.1, 0.15) is 16.7 Å². The van der Waals surface area contributed by atoms with Crippen molar-refractivity contribution in [3.8, 4) is 6.07 Å². The SMILES string of the molecule is Cc1ccc(NC(=O)/C(C#N)=C\Nc2ncccc2C)c(C)c1. The Labute approximate surface area is 135 Å². The van der Waals surface area contributed by atoms with Gasteiger partial charge in [0.2, 0.25) is 0 Å². The third-order valence-electron chi connectivity index (χ3n) is 3.36. The first kappa shape index (κ1) is 16.2. The summed E-state index contributed by atoms with van der Waals surface area (Å²) >= 11 is 0. The van der Waals surface area contributed by atoms with Crippen molar-refractivity contribution in [2.24, 2.45) is 0 Å². The molecule has 2 N–H and O–H groups in total. The van der Waals surface area contributed by atoms with Crippen LogP contribution in [0.2, 0.25) is 0 Å². The Morgan fingerprint density at radius 1 is 1.22 bits per heavy atom. The number of aryl methyl sites for hydroxylation is 3. The predicted molar refractivity (Wildman–Crippen MR) is 90.8 cm³/mol. The number of hydrogen-bond acceptors (Lipinski definition) is 4. The maximum atomic E-state index is 12.2. The zero-order valence-corrected chi connectivity index (χ0v) is 13.3. The van der Waals surface area contributed by atoms with Crippen molar-refractivity contribution < 1.29 is 4.79 Å². The lowest BCUT2D eigenvalue weighted by Crippen LogP contribution is -2.15. The molecule has 0 aliphatic carbocycles. The number of aromatic nitrogens is 1.